The standard InChI is InChI=1S/C18H26O5/c1-3-4-5-6-7-8-13-11-14(19)16-18(23-16,15(13)20)10-9-12(2)17(21)22/h7-9,11,14-16,19-20H,3-6,10H2,1-2H3,(H,21,22)/b8-7+,12-9+/t14-,15+,16-,18+/m0/s1. The van der Waals surface area contributed by atoms with Gasteiger partial charge in [0.2, 0.25) is 0 Å². The fourth-order valence-electron chi connectivity index (χ4n) is 2.99. The van der Waals surface area contributed by atoms with Crippen molar-refractivity contribution in [2.45, 2.75) is 69.9 Å². The Bertz CT molecular complexity index is 534. The van der Waals surface area contributed by atoms with Gasteiger partial charge >= 0.3 is 5.97 Å². The summed E-state index contributed by atoms with van der Waals surface area (Å²) >= 11 is 0. The first-order chi connectivity index (χ1) is 10.9. The van der Waals surface area contributed by atoms with Gasteiger partial charge < -0.3 is 20.1 Å². The molecule has 2 rings (SSSR count). The molecule has 0 amide bonds. The predicted octanol–water partition coefficient (Wildman–Crippen LogP) is 2.34. The van der Waals surface area contributed by atoms with Crippen LogP contribution in [0.1, 0.15) is 46.0 Å². The van der Waals surface area contributed by atoms with Crippen LogP contribution in [0.25, 0.3) is 0 Å². The maximum absolute atomic E-state index is 10.9. The van der Waals surface area contributed by atoms with Crippen LogP contribution in [0.4, 0.5) is 0 Å². The van der Waals surface area contributed by atoms with E-state index in [1.165, 1.54) is 13.3 Å². The van der Waals surface area contributed by atoms with Gasteiger partial charge in [-0.25, -0.2) is 4.79 Å². The number of aliphatic hydroxyl groups excluding tert-OH is 2. The first-order valence-electron chi connectivity index (χ1n) is 8.24. The summed E-state index contributed by atoms with van der Waals surface area (Å²) in [5.74, 6) is -0.990. The minimum Gasteiger partial charge on any atom is -0.478 e. The summed E-state index contributed by atoms with van der Waals surface area (Å²) in [4.78, 5) is 10.9. The normalized spacial score (nSPS) is 33.5. The SMILES string of the molecule is CCCCC/C=C/C1=C[C@H](O)[C@@H]2O[C@]2(C/C=C(\C)C(=O)O)[C@@H]1O. The molecule has 0 spiro atoms. The summed E-state index contributed by atoms with van der Waals surface area (Å²) < 4.78 is 5.57. The van der Waals surface area contributed by atoms with E-state index in [4.69, 9.17) is 9.84 Å². The van der Waals surface area contributed by atoms with E-state index in [2.05, 4.69) is 6.92 Å². The Hall–Kier alpha value is -1.43. The third kappa shape index (κ3) is 3.91. The molecule has 5 nitrogen and oxygen atoms in total. The lowest BCUT2D eigenvalue weighted by atomic mass is 9.81. The highest BCUT2D eigenvalue weighted by Gasteiger charge is 2.65. The Morgan fingerprint density at radius 3 is 2.78 bits per heavy atom. The molecule has 23 heavy (non-hydrogen) atoms. The van der Waals surface area contributed by atoms with Gasteiger partial charge in [0.1, 0.15) is 23.9 Å². The maximum Gasteiger partial charge on any atom is 0.330 e. The zero-order chi connectivity index (χ0) is 17.0. The summed E-state index contributed by atoms with van der Waals surface area (Å²) in [6.45, 7) is 3.65. The van der Waals surface area contributed by atoms with Gasteiger partial charge in [0.25, 0.3) is 0 Å². The second-order valence-electron chi connectivity index (χ2n) is 6.35. The Balaban J connectivity index is 2.04. The number of aliphatic hydroxyl groups is 2. The molecule has 1 aliphatic carbocycles. The number of carboxylic acids is 1. The summed E-state index contributed by atoms with van der Waals surface area (Å²) in [6, 6.07) is 0. The molecule has 3 N–H and O–H groups in total. The molecule has 1 aliphatic heterocycles. The van der Waals surface area contributed by atoms with E-state index in [0.29, 0.717) is 5.57 Å². The Morgan fingerprint density at radius 2 is 2.13 bits per heavy atom. The molecule has 0 aromatic carbocycles. The van der Waals surface area contributed by atoms with Crippen LogP contribution in [0, 0.1) is 0 Å². The fourth-order valence-corrected chi connectivity index (χ4v) is 2.99. The van der Waals surface area contributed by atoms with Crippen LogP contribution in [-0.4, -0.2) is 45.2 Å². The molecule has 1 saturated heterocycles. The molecule has 5 heteroatoms. The molecular weight excluding hydrogens is 296 g/mol. The second-order valence-corrected chi connectivity index (χ2v) is 6.35. The number of fused-ring (bicyclic) bond motifs is 1. The van der Waals surface area contributed by atoms with Gasteiger partial charge in [-0.3, -0.25) is 0 Å². The minimum atomic E-state index is -0.990. The van der Waals surface area contributed by atoms with Crippen LogP contribution in [0.2, 0.25) is 0 Å². The second kappa shape index (κ2) is 7.43. The van der Waals surface area contributed by atoms with Crippen molar-refractivity contribution in [1.29, 1.82) is 0 Å². The topological polar surface area (TPSA) is 90.3 Å². The smallest absolute Gasteiger partial charge is 0.330 e. The van der Waals surface area contributed by atoms with Gasteiger partial charge in [0, 0.05) is 12.0 Å². The lowest BCUT2D eigenvalue weighted by Crippen LogP contribution is -2.40. The predicted molar refractivity (Wildman–Crippen MR) is 87.0 cm³/mol. The Morgan fingerprint density at radius 1 is 1.39 bits per heavy atom. The molecule has 2 aliphatic rings. The van der Waals surface area contributed by atoms with E-state index < -0.39 is 29.9 Å². The molecule has 0 aromatic rings. The highest BCUT2D eigenvalue weighted by Crippen LogP contribution is 2.50. The summed E-state index contributed by atoms with van der Waals surface area (Å²) in [5, 5.41) is 29.6. The third-order valence-electron chi connectivity index (χ3n) is 4.57. The van der Waals surface area contributed by atoms with E-state index >= 15 is 0 Å². The number of rotatable bonds is 8. The van der Waals surface area contributed by atoms with E-state index in [1.807, 2.05) is 12.2 Å². The lowest BCUT2D eigenvalue weighted by molar-refractivity contribution is -0.132. The van der Waals surface area contributed by atoms with Crippen molar-refractivity contribution in [2.24, 2.45) is 0 Å². The van der Waals surface area contributed by atoms with Crippen molar-refractivity contribution in [3.63, 3.8) is 0 Å². The zero-order valence-corrected chi connectivity index (χ0v) is 13.7. The van der Waals surface area contributed by atoms with Gasteiger partial charge in [-0.1, -0.05) is 38.0 Å². The summed E-state index contributed by atoms with van der Waals surface area (Å²) in [5.41, 5.74) is -0.0424. The number of epoxide rings is 1. The van der Waals surface area contributed by atoms with Gasteiger partial charge in [0.15, 0.2) is 0 Å². The van der Waals surface area contributed by atoms with E-state index in [-0.39, 0.29) is 12.0 Å². The molecule has 128 valence electrons. The van der Waals surface area contributed by atoms with Gasteiger partial charge in [-0.2, -0.15) is 0 Å². The van der Waals surface area contributed by atoms with Crippen LogP contribution in [0.3, 0.4) is 0 Å². The highest BCUT2D eigenvalue weighted by atomic mass is 16.6. The van der Waals surface area contributed by atoms with E-state index in [0.717, 1.165) is 19.3 Å². The van der Waals surface area contributed by atoms with Crippen molar-refractivity contribution in [3.8, 4) is 0 Å². The highest BCUT2D eigenvalue weighted by molar-refractivity contribution is 5.85. The van der Waals surface area contributed by atoms with Crippen LogP contribution >= 0.6 is 0 Å². The average Bonchev–Trinajstić information content (AvgIpc) is 3.26. The number of carbonyl (C=O) groups is 1. The third-order valence-corrected chi connectivity index (χ3v) is 4.57. The van der Waals surface area contributed by atoms with Crippen molar-refractivity contribution in [1.82, 2.24) is 0 Å². The minimum absolute atomic E-state index is 0.210. The van der Waals surface area contributed by atoms with Gasteiger partial charge in [-0.05, 0) is 31.4 Å². The largest absolute Gasteiger partial charge is 0.478 e. The number of carboxylic acid groups (broad SMARTS) is 1. The maximum atomic E-state index is 10.9. The quantitative estimate of drug-likeness (QED) is 0.362. The molecule has 0 radical (unpaired) electrons. The number of allylic oxidation sites excluding steroid dienone is 1. The Kier molecular flexibility index (Phi) is 5.79. The van der Waals surface area contributed by atoms with Gasteiger partial charge in [0.05, 0.1) is 0 Å². The van der Waals surface area contributed by atoms with E-state index in [1.54, 1.807) is 12.2 Å². The molecule has 0 saturated carbocycles. The number of ether oxygens (including phenoxy) is 1. The van der Waals surface area contributed by atoms with Crippen LogP contribution in [0.5, 0.6) is 0 Å². The van der Waals surface area contributed by atoms with Crippen molar-refractivity contribution < 1.29 is 24.9 Å². The number of aliphatic carboxylic acids is 1. The molecule has 4 atom stereocenters. The fraction of sp³-hybridized carbons (Fsp3) is 0.611. The first kappa shape index (κ1) is 17.9. The zero-order valence-electron chi connectivity index (χ0n) is 13.7. The molecule has 0 aromatic heterocycles. The lowest BCUT2D eigenvalue weighted by Gasteiger charge is -2.25. The van der Waals surface area contributed by atoms with Gasteiger partial charge in [-0.15, -0.1) is 0 Å². The number of hydrogen-bond donors (Lipinski definition) is 3. The van der Waals surface area contributed by atoms with Crippen molar-refractivity contribution in [2.75, 3.05) is 0 Å². The van der Waals surface area contributed by atoms with Crippen molar-refractivity contribution >= 4 is 5.97 Å². The molecule has 1 fully saturated rings. The molecule has 0 unspecified atom stereocenters. The average molecular weight is 322 g/mol. The van der Waals surface area contributed by atoms with Crippen LogP contribution in [-0.2, 0) is 9.53 Å². The summed E-state index contributed by atoms with van der Waals surface area (Å²) in [6.07, 6.45) is 9.58. The summed E-state index contributed by atoms with van der Waals surface area (Å²) in [7, 11) is 0. The van der Waals surface area contributed by atoms with Crippen LogP contribution in [0.15, 0.2) is 35.5 Å². The monoisotopic (exact) mass is 322 g/mol. The first-order valence-corrected chi connectivity index (χ1v) is 8.24. The molecular formula is C18H26O5. The van der Waals surface area contributed by atoms with Crippen molar-refractivity contribution in [3.05, 3.63) is 35.5 Å². The van der Waals surface area contributed by atoms with Crippen LogP contribution < -0.4 is 0 Å². The number of unbranched alkanes of at least 4 members (excludes halogenated alkanes) is 3. The molecule has 0 bridgehead atoms. The Labute approximate surface area is 137 Å². The van der Waals surface area contributed by atoms with E-state index in [9.17, 15) is 15.0 Å². The molecule has 1 heterocycles. The number of hydrogen-bond acceptors (Lipinski definition) is 4.